The lowest BCUT2D eigenvalue weighted by Crippen LogP contribution is -2.60. The van der Waals surface area contributed by atoms with Gasteiger partial charge >= 0.3 is 0 Å². The van der Waals surface area contributed by atoms with Gasteiger partial charge in [0, 0.05) is 52.8 Å². The van der Waals surface area contributed by atoms with Crippen LogP contribution in [0.1, 0.15) is 25.7 Å². The minimum atomic E-state index is -4.01. The molecule has 26 heavy (non-hydrogen) atoms. The summed E-state index contributed by atoms with van der Waals surface area (Å²) in [5.74, 6) is -0.856. The van der Waals surface area contributed by atoms with E-state index >= 15 is 0 Å². The number of rotatable bonds is 7. The van der Waals surface area contributed by atoms with E-state index in [2.05, 4.69) is 0 Å². The quantitative estimate of drug-likeness (QED) is 0.499. The number of hydrogen-bond acceptors (Lipinski definition) is 6. The number of hydroxylamine groups is 2. The molecule has 0 radical (unpaired) electrons. The van der Waals surface area contributed by atoms with Crippen molar-refractivity contribution in [3.63, 3.8) is 0 Å². The second-order valence-electron chi connectivity index (χ2n) is 6.71. The Morgan fingerprint density at radius 1 is 1.35 bits per heavy atom. The van der Waals surface area contributed by atoms with E-state index in [0.717, 1.165) is 7.05 Å². The molecule has 1 N–H and O–H groups in total. The average Bonchev–Trinajstić information content (AvgIpc) is 2.61. The third kappa shape index (κ3) is 4.50. The summed E-state index contributed by atoms with van der Waals surface area (Å²) in [6.07, 6.45) is -1.62. The van der Waals surface area contributed by atoms with Crippen LogP contribution in [0.25, 0.3) is 0 Å². The highest BCUT2D eigenvalue weighted by molar-refractivity contribution is 7.91. The monoisotopic (exact) mass is 400 g/mol. The number of sulfonamides is 1. The summed E-state index contributed by atoms with van der Waals surface area (Å²) < 4.78 is 60.3. The molecule has 0 aromatic rings. The fraction of sp³-hybridized carbons (Fsp3) is 0.933. The van der Waals surface area contributed by atoms with Crippen LogP contribution < -0.4 is 0 Å². The van der Waals surface area contributed by atoms with E-state index in [4.69, 9.17) is 9.47 Å². The van der Waals surface area contributed by atoms with Crippen LogP contribution in [-0.4, -0.2) is 86.6 Å². The molecule has 0 aliphatic carbocycles. The number of halogens is 2. The summed E-state index contributed by atoms with van der Waals surface area (Å²) in [6.45, 7) is 0.161. The molecule has 152 valence electrons. The zero-order valence-electron chi connectivity index (χ0n) is 14.8. The van der Waals surface area contributed by atoms with Crippen molar-refractivity contribution in [2.24, 2.45) is 5.92 Å². The van der Waals surface area contributed by atoms with Crippen molar-refractivity contribution in [1.29, 1.82) is 0 Å². The molecule has 2 aliphatic rings. The Balaban J connectivity index is 2.05. The highest BCUT2D eigenvalue weighted by Gasteiger charge is 2.55. The number of amides is 1. The number of piperidine rings is 1. The molecule has 0 spiro atoms. The van der Waals surface area contributed by atoms with E-state index in [1.807, 2.05) is 0 Å². The largest absolute Gasteiger partial charge is 0.381 e. The summed E-state index contributed by atoms with van der Waals surface area (Å²) in [4.78, 5) is 12.5. The summed E-state index contributed by atoms with van der Waals surface area (Å²) in [6, 6.07) is 0. The topological polar surface area (TPSA) is 96.4 Å². The highest BCUT2D eigenvalue weighted by Crippen LogP contribution is 2.36. The van der Waals surface area contributed by atoms with Crippen molar-refractivity contribution in [1.82, 2.24) is 9.37 Å². The van der Waals surface area contributed by atoms with Gasteiger partial charge in [-0.3, -0.25) is 10.0 Å². The van der Waals surface area contributed by atoms with Gasteiger partial charge in [-0.15, -0.1) is 0 Å². The molecule has 0 saturated carbocycles. The van der Waals surface area contributed by atoms with Crippen LogP contribution in [0.2, 0.25) is 0 Å². The zero-order chi connectivity index (χ0) is 19.4. The fourth-order valence-corrected chi connectivity index (χ4v) is 5.69. The molecular formula is C15H26F2N2O6S. The highest BCUT2D eigenvalue weighted by atomic mass is 32.2. The van der Waals surface area contributed by atoms with E-state index in [9.17, 15) is 27.2 Å². The van der Waals surface area contributed by atoms with Crippen molar-refractivity contribution in [3.05, 3.63) is 0 Å². The van der Waals surface area contributed by atoms with Gasteiger partial charge in [0.2, 0.25) is 10.0 Å². The van der Waals surface area contributed by atoms with Crippen LogP contribution in [-0.2, 0) is 24.3 Å². The Morgan fingerprint density at radius 3 is 2.42 bits per heavy atom. The lowest BCUT2D eigenvalue weighted by molar-refractivity contribution is -0.165. The number of nitrogens with zero attached hydrogens (tertiary/aromatic N) is 2. The average molecular weight is 400 g/mol. The van der Waals surface area contributed by atoms with Gasteiger partial charge in [0.15, 0.2) is 4.75 Å². The van der Waals surface area contributed by atoms with Crippen LogP contribution in [0.5, 0.6) is 0 Å². The first-order chi connectivity index (χ1) is 12.2. The minimum Gasteiger partial charge on any atom is -0.381 e. The van der Waals surface area contributed by atoms with Crippen LogP contribution in [0.3, 0.4) is 0 Å². The van der Waals surface area contributed by atoms with E-state index in [1.54, 1.807) is 0 Å². The molecule has 0 bridgehead atoms. The van der Waals surface area contributed by atoms with E-state index < -0.39 is 33.7 Å². The van der Waals surface area contributed by atoms with Crippen molar-refractivity contribution in [2.75, 3.05) is 46.6 Å². The first-order valence-electron chi connectivity index (χ1n) is 8.61. The molecule has 2 fully saturated rings. The summed E-state index contributed by atoms with van der Waals surface area (Å²) in [7, 11) is -2.89. The molecule has 11 heteroatoms. The van der Waals surface area contributed by atoms with Crippen molar-refractivity contribution in [2.45, 2.75) is 36.9 Å². The Hall–Kier alpha value is -0.880. The van der Waals surface area contributed by atoms with E-state index in [-0.39, 0.29) is 51.7 Å². The number of ether oxygens (including phenoxy) is 2. The van der Waals surface area contributed by atoms with E-state index in [0.29, 0.717) is 17.9 Å². The third-order valence-corrected chi connectivity index (χ3v) is 7.60. The Kier molecular flexibility index (Phi) is 7.31. The molecule has 0 aromatic heterocycles. The summed E-state index contributed by atoms with van der Waals surface area (Å²) in [5.41, 5.74) is 0. The van der Waals surface area contributed by atoms with Crippen LogP contribution in [0.4, 0.5) is 8.78 Å². The molecule has 1 amide bonds. The standard InChI is InChI=1S/C15H26F2N2O6S/c1-18(21)14(20)15(4-8-24-9-5-15)26(22,23)19-6-2-12(3-7-19)10-25-11-13(16)17/h12-13,21H,2-11H2,1H3. The van der Waals surface area contributed by atoms with Crippen molar-refractivity contribution < 1.29 is 36.7 Å². The lowest BCUT2D eigenvalue weighted by Gasteiger charge is -2.41. The molecule has 2 rings (SSSR count). The molecule has 2 aliphatic heterocycles. The Morgan fingerprint density at radius 2 is 1.92 bits per heavy atom. The van der Waals surface area contributed by atoms with Crippen molar-refractivity contribution in [3.8, 4) is 0 Å². The third-order valence-electron chi connectivity index (χ3n) is 4.99. The van der Waals surface area contributed by atoms with Gasteiger partial charge in [0.05, 0.1) is 0 Å². The maximum atomic E-state index is 13.2. The lowest BCUT2D eigenvalue weighted by atomic mass is 9.98. The van der Waals surface area contributed by atoms with Gasteiger partial charge in [0.25, 0.3) is 12.3 Å². The Bertz CT molecular complexity index is 573. The number of alkyl halides is 2. The predicted molar refractivity (Wildman–Crippen MR) is 87.4 cm³/mol. The number of carbonyl (C=O) groups is 1. The van der Waals surface area contributed by atoms with Gasteiger partial charge in [-0.25, -0.2) is 26.6 Å². The van der Waals surface area contributed by atoms with Crippen LogP contribution in [0.15, 0.2) is 0 Å². The molecule has 0 atom stereocenters. The molecule has 0 aromatic carbocycles. The first kappa shape index (κ1) is 21.4. The second kappa shape index (κ2) is 8.87. The van der Waals surface area contributed by atoms with Crippen molar-refractivity contribution >= 4 is 15.9 Å². The summed E-state index contributed by atoms with van der Waals surface area (Å²) >= 11 is 0. The minimum absolute atomic E-state index is 0.00190. The normalized spacial score (nSPS) is 22.5. The smallest absolute Gasteiger partial charge is 0.268 e. The molecular weight excluding hydrogens is 374 g/mol. The molecule has 0 unspecified atom stereocenters. The van der Waals surface area contributed by atoms with Gasteiger partial charge in [-0.05, 0) is 18.8 Å². The van der Waals surface area contributed by atoms with Crippen LogP contribution in [0, 0.1) is 5.92 Å². The predicted octanol–water partition coefficient (Wildman–Crippen LogP) is 0.707. The SMILES string of the molecule is CN(O)C(=O)C1(S(=O)(=O)N2CCC(COCC(F)F)CC2)CCOCC1. The Labute approximate surface area is 152 Å². The maximum Gasteiger partial charge on any atom is 0.268 e. The van der Waals surface area contributed by atoms with E-state index in [1.165, 1.54) is 4.31 Å². The van der Waals surface area contributed by atoms with Gasteiger partial charge in [0.1, 0.15) is 6.61 Å². The van der Waals surface area contributed by atoms with Gasteiger partial charge in [-0.1, -0.05) is 0 Å². The van der Waals surface area contributed by atoms with Gasteiger partial charge in [-0.2, -0.15) is 0 Å². The zero-order valence-corrected chi connectivity index (χ0v) is 15.6. The second-order valence-corrected chi connectivity index (χ2v) is 8.96. The summed E-state index contributed by atoms with van der Waals surface area (Å²) in [5, 5.41) is 9.89. The molecule has 8 nitrogen and oxygen atoms in total. The molecule has 2 saturated heterocycles. The maximum absolute atomic E-state index is 13.2. The van der Waals surface area contributed by atoms with Crippen LogP contribution >= 0.6 is 0 Å². The number of carbonyl (C=O) groups excluding carboxylic acids is 1. The first-order valence-corrected chi connectivity index (χ1v) is 10.0. The molecule has 2 heterocycles. The fourth-order valence-electron chi connectivity index (χ4n) is 3.47. The van der Waals surface area contributed by atoms with Gasteiger partial charge < -0.3 is 9.47 Å². The number of hydrogen-bond donors (Lipinski definition) is 1.